The minimum atomic E-state index is 0.496. The number of benzene rings is 1. The van der Waals surface area contributed by atoms with Crippen molar-refractivity contribution < 1.29 is 4.74 Å². The molecule has 0 amide bonds. The van der Waals surface area contributed by atoms with Gasteiger partial charge in [-0.3, -0.25) is 0 Å². The average molecular weight is 312 g/mol. The van der Waals surface area contributed by atoms with Crippen LogP contribution in [0, 0.1) is 0 Å². The fourth-order valence-electron chi connectivity index (χ4n) is 2.95. The minimum Gasteiger partial charge on any atom is -0.494 e. The van der Waals surface area contributed by atoms with E-state index in [-0.39, 0.29) is 0 Å². The SMILES string of the molecule is Nc1ncncc1-c1ccc(OCCCN2CCCCC2)cc1. The molecule has 1 saturated heterocycles. The second-order valence-corrected chi connectivity index (χ2v) is 5.95. The van der Waals surface area contributed by atoms with Gasteiger partial charge in [0.1, 0.15) is 17.9 Å². The normalized spacial score (nSPS) is 15.5. The molecule has 5 nitrogen and oxygen atoms in total. The van der Waals surface area contributed by atoms with Crippen molar-refractivity contribution in [3.05, 3.63) is 36.8 Å². The van der Waals surface area contributed by atoms with Crippen molar-refractivity contribution in [2.45, 2.75) is 25.7 Å². The molecule has 0 atom stereocenters. The van der Waals surface area contributed by atoms with Gasteiger partial charge >= 0.3 is 0 Å². The third-order valence-electron chi connectivity index (χ3n) is 4.24. The highest BCUT2D eigenvalue weighted by Gasteiger charge is 2.09. The lowest BCUT2D eigenvalue weighted by molar-refractivity contribution is 0.205. The molecule has 0 unspecified atom stereocenters. The first-order valence-corrected chi connectivity index (χ1v) is 8.34. The number of rotatable bonds is 6. The molecule has 2 heterocycles. The largest absolute Gasteiger partial charge is 0.494 e. The van der Waals surface area contributed by atoms with Gasteiger partial charge in [0.05, 0.1) is 6.61 Å². The van der Waals surface area contributed by atoms with Gasteiger partial charge in [-0.25, -0.2) is 9.97 Å². The summed E-state index contributed by atoms with van der Waals surface area (Å²) in [7, 11) is 0. The predicted octanol–water partition coefficient (Wildman–Crippen LogP) is 2.98. The van der Waals surface area contributed by atoms with Crippen LogP contribution in [0.3, 0.4) is 0 Å². The van der Waals surface area contributed by atoms with Gasteiger partial charge in [-0.1, -0.05) is 18.6 Å². The van der Waals surface area contributed by atoms with Gasteiger partial charge in [-0.05, 0) is 50.0 Å². The zero-order valence-electron chi connectivity index (χ0n) is 13.4. The zero-order chi connectivity index (χ0) is 15.9. The Balaban J connectivity index is 1.47. The van der Waals surface area contributed by atoms with Crippen LogP contribution < -0.4 is 10.5 Å². The van der Waals surface area contributed by atoms with Crippen molar-refractivity contribution in [2.24, 2.45) is 0 Å². The molecule has 1 fully saturated rings. The fourth-order valence-corrected chi connectivity index (χ4v) is 2.95. The van der Waals surface area contributed by atoms with Crippen molar-refractivity contribution in [1.29, 1.82) is 0 Å². The summed E-state index contributed by atoms with van der Waals surface area (Å²) in [6.07, 6.45) is 8.33. The third kappa shape index (κ3) is 4.42. The van der Waals surface area contributed by atoms with Crippen LogP contribution in [-0.2, 0) is 0 Å². The lowest BCUT2D eigenvalue weighted by Gasteiger charge is -2.26. The number of nitrogens with two attached hydrogens (primary N) is 1. The molecule has 122 valence electrons. The first-order valence-electron chi connectivity index (χ1n) is 8.34. The van der Waals surface area contributed by atoms with E-state index < -0.39 is 0 Å². The van der Waals surface area contributed by atoms with Gasteiger partial charge in [0, 0.05) is 18.3 Å². The number of likely N-dealkylation sites (tertiary alicyclic amines) is 1. The standard InChI is InChI=1S/C18H24N4O/c19-18-17(13-20-14-21-18)15-5-7-16(8-6-15)23-12-4-11-22-9-2-1-3-10-22/h5-8,13-14H,1-4,9-12H2,(H2,19,20,21). The first-order chi connectivity index (χ1) is 11.3. The molecule has 5 heteroatoms. The summed E-state index contributed by atoms with van der Waals surface area (Å²) in [4.78, 5) is 10.6. The molecule has 1 aliphatic rings. The Hall–Kier alpha value is -2.14. The Kier molecular flexibility index (Phi) is 5.42. The highest BCUT2D eigenvalue weighted by Crippen LogP contribution is 2.25. The van der Waals surface area contributed by atoms with Gasteiger partial charge < -0.3 is 15.4 Å². The van der Waals surface area contributed by atoms with Crippen LogP contribution in [0.25, 0.3) is 11.1 Å². The lowest BCUT2D eigenvalue weighted by atomic mass is 10.1. The maximum absolute atomic E-state index is 5.87. The van der Waals surface area contributed by atoms with Crippen molar-refractivity contribution in [1.82, 2.24) is 14.9 Å². The second-order valence-electron chi connectivity index (χ2n) is 5.95. The molecule has 0 spiro atoms. The molecular weight excluding hydrogens is 288 g/mol. The Labute approximate surface area is 137 Å². The zero-order valence-corrected chi connectivity index (χ0v) is 13.4. The second kappa shape index (κ2) is 7.92. The van der Waals surface area contributed by atoms with Gasteiger partial charge in [0.25, 0.3) is 0 Å². The maximum Gasteiger partial charge on any atom is 0.134 e. The van der Waals surface area contributed by atoms with E-state index in [1.165, 1.54) is 38.7 Å². The van der Waals surface area contributed by atoms with Crippen molar-refractivity contribution in [2.75, 3.05) is 32.0 Å². The predicted molar refractivity (Wildman–Crippen MR) is 92.3 cm³/mol. The monoisotopic (exact) mass is 312 g/mol. The Bertz CT molecular complexity index is 609. The van der Waals surface area contributed by atoms with Gasteiger partial charge in [0.2, 0.25) is 0 Å². The summed E-state index contributed by atoms with van der Waals surface area (Å²) in [5.74, 6) is 1.39. The van der Waals surface area contributed by atoms with E-state index in [4.69, 9.17) is 10.5 Å². The van der Waals surface area contributed by atoms with Crippen LogP contribution >= 0.6 is 0 Å². The summed E-state index contributed by atoms with van der Waals surface area (Å²) in [5.41, 5.74) is 7.73. The van der Waals surface area contributed by atoms with E-state index in [2.05, 4.69) is 14.9 Å². The molecular formula is C18H24N4O. The van der Waals surface area contributed by atoms with Gasteiger partial charge in [-0.15, -0.1) is 0 Å². The topological polar surface area (TPSA) is 64.3 Å². The van der Waals surface area contributed by atoms with Crippen molar-refractivity contribution in [3.63, 3.8) is 0 Å². The average Bonchev–Trinajstić information content (AvgIpc) is 2.61. The van der Waals surface area contributed by atoms with Crippen LogP contribution in [0.5, 0.6) is 5.75 Å². The summed E-state index contributed by atoms with van der Waals surface area (Å²) in [6.45, 7) is 4.38. The minimum absolute atomic E-state index is 0.496. The number of anilines is 1. The number of nitrogen functional groups attached to an aromatic ring is 1. The molecule has 0 saturated carbocycles. The van der Waals surface area contributed by atoms with E-state index in [0.717, 1.165) is 36.4 Å². The molecule has 3 rings (SSSR count). The van der Waals surface area contributed by atoms with E-state index in [1.54, 1.807) is 6.20 Å². The summed E-state index contributed by atoms with van der Waals surface area (Å²) < 4.78 is 5.83. The Morgan fingerprint density at radius 3 is 2.61 bits per heavy atom. The molecule has 1 aliphatic heterocycles. The highest BCUT2D eigenvalue weighted by molar-refractivity contribution is 5.72. The van der Waals surface area contributed by atoms with E-state index in [9.17, 15) is 0 Å². The summed E-state index contributed by atoms with van der Waals surface area (Å²) in [5, 5.41) is 0. The van der Waals surface area contributed by atoms with E-state index in [0.29, 0.717) is 5.82 Å². The van der Waals surface area contributed by atoms with Crippen LogP contribution in [-0.4, -0.2) is 41.1 Å². The summed E-state index contributed by atoms with van der Waals surface area (Å²) in [6, 6.07) is 7.94. The molecule has 0 radical (unpaired) electrons. The quantitative estimate of drug-likeness (QED) is 0.831. The number of aromatic nitrogens is 2. The van der Waals surface area contributed by atoms with Crippen LogP contribution in [0.1, 0.15) is 25.7 Å². The van der Waals surface area contributed by atoms with Crippen LogP contribution in [0.2, 0.25) is 0 Å². The molecule has 0 bridgehead atoms. The lowest BCUT2D eigenvalue weighted by Crippen LogP contribution is -2.31. The molecule has 23 heavy (non-hydrogen) atoms. The number of nitrogens with zero attached hydrogens (tertiary/aromatic N) is 3. The van der Waals surface area contributed by atoms with Gasteiger partial charge in [0.15, 0.2) is 0 Å². The molecule has 0 aliphatic carbocycles. The number of ether oxygens (including phenoxy) is 1. The molecule has 1 aromatic heterocycles. The molecule has 2 aromatic rings. The number of hydrogen-bond donors (Lipinski definition) is 1. The Morgan fingerprint density at radius 1 is 1.09 bits per heavy atom. The Morgan fingerprint density at radius 2 is 1.87 bits per heavy atom. The number of hydrogen-bond acceptors (Lipinski definition) is 5. The van der Waals surface area contributed by atoms with Crippen molar-refractivity contribution in [3.8, 4) is 16.9 Å². The number of piperidine rings is 1. The highest BCUT2D eigenvalue weighted by atomic mass is 16.5. The van der Waals surface area contributed by atoms with E-state index >= 15 is 0 Å². The maximum atomic E-state index is 5.87. The van der Waals surface area contributed by atoms with Crippen LogP contribution in [0.4, 0.5) is 5.82 Å². The molecule has 2 N–H and O–H groups in total. The smallest absolute Gasteiger partial charge is 0.134 e. The molecule has 1 aromatic carbocycles. The van der Waals surface area contributed by atoms with Crippen molar-refractivity contribution >= 4 is 5.82 Å². The van der Waals surface area contributed by atoms with Crippen LogP contribution in [0.15, 0.2) is 36.8 Å². The van der Waals surface area contributed by atoms with Gasteiger partial charge in [-0.2, -0.15) is 0 Å². The van der Waals surface area contributed by atoms with E-state index in [1.807, 2.05) is 24.3 Å². The fraction of sp³-hybridized carbons (Fsp3) is 0.444. The summed E-state index contributed by atoms with van der Waals surface area (Å²) >= 11 is 0. The third-order valence-corrected chi connectivity index (χ3v) is 4.24. The first kappa shape index (κ1) is 15.7.